The molecule has 0 saturated heterocycles. The van der Waals surface area contributed by atoms with Gasteiger partial charge in [-0.3, -0.25) is 0 Å². The van der Waals surface area contributed by atoms with Gasteiger partial charge in [0.2, 0.25) is 0 Å². The van der Waals surface area contributed by atoms with Crippen LogP contribution >= 0.6 is 0 Å². The first-order valence-electron chi connectivity index (χ1n) is 5.52. The number of hydrogen-bond acceptors (Lipinski definition) is 4. The maximum absolute atomic E-state index is 8.45. The highest BCUT2D eigenvalue weighted by molar-refractivity contribution is 5.80. The summed E-state index contributed by atoms with van der Waals surface area (Å²) in [6, 6.07) is 0.226. The van der Waals surface area contributed by atoms with Gasteiger partial charge in [0.15, 0.2) is 0 Å². The Morgan fingerprint density at radius 1 is 1.62 bits per heavy atom. The predicted octanol–water partition coefficient (Wildman–Crippen LogP) is 1.08. The molecule has 1 atom stereocenters. The Labute approximate surface area is 97.3 Å². The molecule has 0 aromatic carbocycles. The third-order valence-electron chi connectivity index (χ3n) is 2.10. The fraction of sp³-hybridized carbons (Fsp3) is 0.727. The summed E-state index contributed by atoms with van der Waals surface area (Å²) in [6.07, 6.45) is 1.48. The minimum Gasteiger partial charge on any atom is -0.409 e. The highest BCUT2D eigenvalue weighted by Gasteiger charge is 2.07. The molecule has 0 aliphatic heterocycles. The van der Waals surface area contributed by atoms with E-state index in [4.69, 9.17) is 15.7 Å². The van der Waals surface area contributed by atoms with Gasteiger partial charge in [0.25, 0.3) is 0 Å². The summed E-state index contributed by atoms with van der Waals surface area (Å²) in [5.41, 5.74) is 6.45. The number of nitrogens with two attached hydrogens (primary N) is 1. The van der Waals surface area contributed by atoms with Gasteiger partial charge < -0.3 is 21.0 Å². The average molecular weight is 229 g/mol. The first-order valence-corrected chi connectivity index (χ1v) is 5.52. The zero-order valence-electron chi connectivity index (χ0n) is 10.2. The maximum Gasteiger partial charge on any atom is 0.140 e. The second-order valence-corrected chi connectivity index (χ2v) is 3.86. The quantitative estimate of drug-likeness (QED) is 0.138. The van der Waals surface area contributed by atoms with Crippen molar-refractivity contribution in [1.82, 2.24) is 5.32 Å². The molecule has 0 aliphatic carbocycles. The summed E-state index contributed by atoms with van der Waals surface area (Å²) in [6.45, 7) is 9.72. The van der Waals surface area contributed by atoms with Crippen LogP contribution in [0.1, 0.15) is 26.7 Å². The second-order valence-electron chi connectivity index (χ2n) is 3.86. The third-order valence-corrected chi connectivity index (χ3v) is 2.10. The van der Waals surface area contributed by atoms with E-state index in [-0.39, 0.29) is 11.9 Å². The zero-order valence-corrected chi connectivity index (χ0v) is 10.2. The average Bonchev–Trinajstić information content (AvgIpc) is 2.26. The van der Waals surface area contributed by atoms with Crippen molar-refractivity contribution >= 4 is 5.84 Å². The van der Waals surface area contributed by atoms with E-state index in [2.05, 4.69) is 24.0 Å². The summed E-state index contributed by atoms with van der Waals surface area (Å²) in [5.74, 6) is 0.252. The highest BCUT2D eigenvalue weighted by Crippen LogP contribution is 1.97. The molecule has 0 amide bonds. The first-order chi connectivity index (χ1) is 7.60. The predicted molar refractivity (Wildman–Crippen MR) is 65.7 cm³/mol. The molecule has 5 heteroatoms. The van der Waals surface area contributed by atoms with Gasteiger partial charge in [0, 0.05) is 19.0 Å². The molecule has 16 heavy (non-hydrogen) atoms. The van der Waals surface area contributed by atoms with Crippen LogP contribution in [-0.4, -0.2) is 36.8 Å². The standard InChI is InChI=1S/C11H23N3O2/c1-4-10(7-11(12)14-15)13-5-6-16-8-9(2)3/h10,13,15H,2,4-8H2,1,3H3,(H2,12,14). The molecule has 4 N–H and O–H groups in total. The number of nitrogens with one attached hydrogen (secondary N) is 1. The fourth-order valence-electron chi connectivity index (χ4n) is 1.24. The van der Waals surface area contributed by atoms with Gasteiger partial charge in [0.05, 0.1) is 13.2 Å². The van der Waals surface area contributed by atoms with Crippen LogP contribution in [0.2, 0.25) is 0 Å². The van der Waals surface area contributed by atoms with Gasteiger partial charge in [-0.1, -0.05) is 24.2 Å². The lowest BCUT2D eigenvalue weighted by Gasteiger charge is -2.16. The van der Waals surface area contributed by atoms with Crippen molar-refractivity contribution in [3.63, 3.8) is 0 Å². The van der Waals surface area contributed by atoms with E-state index in [1.54, 1.807) is 0 Å². The van der Waals surface area contributed by atoms with Crippen LogP contribution in [0.4, 0.5) is 0 Å². The van der Waals surface area contributed by atoms with E-state index in [1.165, 1.54) is 0 Å². The molecule has 94 valence electrons. The van der Waals surface area contributed by atoms with Crippen molar-refractivity contribution in [3.8, 4) is 0 Å². The Balaban J connectivity index is 3.59. The van der Waals surface area contributed by atoms with Gasteiger partial charge in [-0.25, -0.2) is 0 Å². The number of rotatable bonds is 9. The molecule has 0 rings (SSSR count). The molecule has 5 nitrogen and oxygen atoms in total. The van der Waals surface area contributed by atoms with E-state index in [1.807, 2.05) is 6.92 Å². The van der Waals surface area contributed by atoms with Gasteiger partial charge in [-0.05, 0) is 13.3 Å². The van der Waals surface area contributed by atoms with Crippen LogP contribution in [-0.2, 0) is 4.74 Å². The van der Waals surface area contributed by atoms with Gasteiger partial charge >= 0.3 is 0 Å². The Morgan fingerprint density at radius 3 is 2.81 bits per heavy atom. The number of hydrogen-bond donors (Lipinski definition) is 3. The number of oxime groups is 1. The second kappa shape index (κ2) is 9.18. The first kappa shape index (κ1) is 14.9. The lowest BCUT2D eigenvalue weighted by atomic mass is 10.1. The monoisotopic (exact) mass is 229 g/mol. The summed E-state index contributed by atoms with van der Waals surface area (Å²) in [5, 5.41) is 14.7. The van der Waals surface area contributed by atoms with E-state index in [0.717, 1.165) is 18.5 Å². The van der Waals surface area contributed by atoms with Crippen LogP contribution in [0.25, 0.3) is 0 Å². The van der Waals surface area contributed by atoms with E-state index < -0.39 is 0 Å². The zero-order chi connectivity index (χ0) is 12.4. The Morgan fingerprint density at radius 2 is 2.31 bits per heavy atom. The van der Waals surface area contributed by atoms with Crippen LogP contribution < -0.4 is 11.1 Å². The molecule has 0 aromatic rings. The summed E-state index contributed by atoms with van der Waals surface area (Å²) < 4.78 is 5.35. The van der Waals surface area contributed by atoms with Crippen molar-refractivity contribution < 1.29 is 9.94 Å². The lowest BCUT2D eigenvalue weighted by molar-refractivity contribution is 0.155. The fourth-order valence-corrected chi connectivity index (χ4v) is 1.24. The molecule has 0 aromatic heterocycles. The van der Waals surface area contributed by atoms with Crippen molar-refractivity contribution in [1.29, 1.82) is 0 Å². The lowest BCUT2D eigenvalue weighted by Crippen LogP contribution is -2.35. The Bertz CT molecular complexity index is 229. The van der Waals surface area contributed by atoms with Gasteiger partial charge in [-0.15, -0.1) is 0 Å². The molecule has 1 unspecified atom stereocenters. The van der Waals surface area contributed by atoms with E-state index in [0.29, 0.717) is 19.6 Å². The summed E-state index contributed by atoms with van der Waals surface area (Å²) >= 11 is 0. The number of amidine groups is 1. The summed E-state index contributed by atoms with van der Waals surface area (Å²) in [4.78, 5) is 0. The molecular formula is C11H23N3O2. The molecule has 0 heterocycles. The van der Waals surface area contributed by atoms with Crippen LogP contribution in [0.5, 0.6) is 0 Å². The van der Waals surface area contributed by atoms with Crippen molar-refractivity contribution in [2.45, 2.75) is 32.7 Å². The molecule has 0 bridgehead atoms. The maximum atomic E-state index is 8.45. The number of ether oxygens (including phenoxy) is 1. The molecule has 0 aliphatic rings. The minimum absolute atomic E-state index is 0.226. The van der Waals surface area contributed by atoms with Crippen molar-refractivity contribution in [2.24, 2.45) is 10.9 Å². The minimum atomic E-state index is 0.226. The van der Waals surface area contributed by atoms with Crippen molar-refractivity contribution in [3.05, 3.63) is 12.2 Å². The largest absolute Gasteiger partial charge is 0.409 e. The smallest absolute Gasteiger partial charge is 0.140 e. The third kappa shape index (κ3) is 8.26. The topological polar surface area (TPSA) is 79.9 Å². The number of nitrogens with zero attached hydrogens (tertiary/aromatic N) is 1. The molecule has 0 fully saturated rings. The van der Waals surface area contributed by atoms with Gasteiger partial charge in [0.1, 0.15) is 5.84 Å². The van der Waals surface area contributed by atoms with Crippen LogP contribution in [0.3, 0.4) is 0 Å². The molecule has 0 saturated carbocycles. The Hall–Kier alpha value is -1.07. The van der Waals surface area contributed by atoms with E-state index >= 15 is 0 Å². The normalized spacial score (nSPS) is 13.8. The van der Waals surface area contributed by atoms with E-state index in [9.17, 15) is 0 Å². The van der Waals surface area contributed by atoms with Crippen LogP contribution in [0.15, 0.2) is 17.3 Å². The Kier molecular flexibility index (Phi) is 8.56. The SMILES string of the molecule is C=C(C)COCCNC(CC)CC(N)=NO. The van der Waals surface area contributed by atoms with Gasteiger partial charge in [-0.2, -0.15) is 0 Å². The molecule has 0 spiro atoms. The summed E-state index contributed by atoms with van der Waals surface area (Å²) in [7, 11) is 0. The molecular weight excluding hydrogens is 206 g/mol. The van der Waals surface area contributed by atoms with Crippen molar-refractivity contribution in [2.75, 3.05) is 19.8 Å². The molecule has 0 radical (unpaired) electrons. The van der Waals surface area contributed by atoms with Crippen LogP contribution in [0, 0.1) is 0 Å². The highest BCUT2D eigenvalue weighted by atomic mass is 16.5.